The van der Waals surface area contributed by atoms with Crippen LogP contribution in [0.1, 0.15) is 68.7 Å². The molecule has 0 N–H and O–H groups in total. The number of rotatable bonds is 8. The largest absolute Gasteiger partial charge is 0.459 e. The van der Waals surface area contributed by atoms with Crippen molar-refractivity contribution in [3.8, 4) is 0 Å². The van der Waals surface area contributed by atoms with Gasteiger partial charge in [-0.05, 0) is 69.5 Å². The highest BCUT2D eigenvalue weighted by molar-refractivity contribution is 6.74. The van der Waals surface area contributed by atoms with E-state index in [2.05, 4.69) is 53.8 Å². The van der Waals surface area contributed by atoms with Gasteiger partial charge in [0.05, 0.1) is 0 Å². The predicted octanol–water partition coefficient (Wildman–Crippen LogP) is 5.77. The van der Waals surface area contributed by atoms with E-state index in [-0.39, 0.29) is 16.2 Å². The molecule has 1 aliphatic rings. The number of esters is 1. The van der Waals surface area contributed by atoms with Crippen LogP contribution in [0.2, 0.25) is 18.1 Å². The molecule has 1 saturated carbocycles. The Bertz CT molecular complexity index is 605. The molecule has 28 heavy (non-hydrogen) atoms. The first-order valence-electron chi connectivity index (χ1n) is 10.4. The van der Waals surface area contributed by atoms with Crippen LogP contribution in [0.15, 0.2) is 12.2 Å². The van der Waals surface area contributed by atoms with Gasteiger partial charge in [-0.1, -0.05) is 46.8 Å². The summed E-state index contributed by atoms with van der Waals surface area (Å²) in [5, 5.41) is 0.208. The second-order valence-electron chi connectivity index (χ2n) is 11.4. The Kier molecular flexibility index (Phi) is 7.55. The Balaban J connectivity index is 2.68. The molecule has 0 amide bonds. The number of ether oxygens (including phenoxy) is 1. The van der Waals surface area contributed by atoms with Gasteiger partial charge in [-0.3, -0.25) is 9.59 Å². The van der Waals surface area contributed by atoms with E-state index in [0.29, 0.717) is 18.3 Å². The number of allylic oxidation sites excluding steroid dienone is 2. The summed E-state index contributed by atoms with van der Waals surface area (Å²) in [5.41, 5.74) is -0.393. The second-order valence-corrected chi connectivity index (χ2v) is 16.2. The molecule has 1 unspecified atom stereocenters. The number of hydrogen-bond acceptors (Lipinski definition) is 4. The van der Waals surface area contributed by atoms with Gasteiger partial charge < -0.3 is 9.16 Å². The molecule has 1 rings (SSSR count). The van der Waals surface area contributed by atoms with Gasteiger partial charge in [-0.15, -0.1) is 0 Å². The molecule has 4 nitrogen and oxygen atoms in total. The van der Waals surface area contributed by atoms with Gasteiger partial charge >= 0.3 is 5.97 Å². The first-order valence-corrected chi connectivity index (χ1v) is 13.3. The fraction of sp³-hybridized carbons (Fsp3) is 0.826. The van der Waals surface area contributed by atoms with Crippen LogP contribution in [-0.4, -0.2) is 32.3 Å². The van der Waals surface area contributed by atoms with Crippen LogP contribution in [0.25, 0.3) is 0 Å². The van der Waals surface area contributed by atoms with E-state index < -0.39 is 25.8 Å². The Hall–Kier alpha value is -0.943. The first-order chi connectivity index (χ1) is 12.4. The Morgan fingerprint density at radius 1 is 1.11 bits per heavy atom. The van der Waals surface area contributed by atoms with Gasteiger partial charge in [0, 0.05) is 6.61 Å². The lowest BCUT2D eigenvalue weighted by Gasteiger charge is -2.36. The highest BCUT2D eigenvalue weighted by Crippen LogP contribution is 2.59. The molecule has 0 aromatic heterocycles. The SMILES string of the molecule is CC(=O)C(C/C=C/[C@H]1[C@@H](CO[Si](C)(C)C(C)(C)C)C1(C)C)C(=O)OC(C)(C)C. The minimum absolute atomic E-state index is 0.147. The van der Waals surface area contributed by atoms with Crippen LogP contribution in [0.3, 0.4) is 0 Å². The van der Waals surface area contributed by atoms with Crippen LogP contribution in [0.5, 0.6) is 0 Å². The molecule has 5 heteroatoms. The summed E-state index contributed by atoms with van der Waals surface area (Å²) < 4.78 is 11.8. The minimum atomic E-state index is -1.75. The van der Waals surface area contributed by atoms with Crippen LogP contribution >= 0.6 is 0 Å². The molecule has 0 bridgehead atoms. The number of carbonyl (C=O) groups excluding carboxylic acids is 2. The normalized spacial score (nSPS) is 23.5. The molecular weight excluding hydrogens is 368 g/mol. The van der Waals surface area contributed by atoms with E-state index in [4.69, 9.17) is 9.16 Å². The summed E-state index contributed by atoms with van der Waals surface area (Å²) in [6, 6.07) is 0. The van der Waals surface area contributed by atoms with Gasteiger partial charge in [0.15, 0.2) is 8.32 Å². The molecule has 3 atom stereocenters. The average molecular weight is 411 g/mol. The van der Waals surface area contributed by atoms with Crippen molar-refractivity contribution in [2.75, 3.05) is 6.61 Å². The Labute approximate surface area is 173 Å². The van der Waals surface area contributed by atoms with Crippen molar-refractivity contribution in [2.45, 2.75) is 92.5 Å². The standard InChI is InChI=1S/C23H42O4Si/c1-16(24)17(20(25)27-21(2,3)4)13-12-14-18-19(23(18,8)9)15-26-28(10,11)22(5,6)7/h12,14,17-19H,13,15H2,1-11H3/b14-12+/t17?,18-,19+/m0/s1. The van der Waals surface area contributed by atoms with Crippen molar-refractivity contribution in [2.24, 2.45) is 23.2 Å². The molecule has 1 aliphatic carbocycles. The van der Waals surface area contributed by atoms with Crippen LogP contribution in [0.4, 0.5) is 0 Å². The lowest BCUT2D eigenvalue weighted by molar-refractivity contribution is -0.161. The number of hydrogen-bond donors (Lipinski definition) is 0. The molecule has 0 aromatic carbocycles. The first kappa shape index (κ1) is 25.1. The molecule has 0 aromatic rings. The average Bonchev–Trinajstić information content (AvgIpc) is 2.97. The van der Waals surface area contributed by atoms with Crippen molar-refractivity contribution in [3.63, 3.8) is 0 Å². The zero-order valence-corrected chi connectivity index (χ0v) is 20.9. The molecule has 0 heterocycles. The summed E-state index contributed by atoms with van der Waals surface area (Å²) in [7, 11) is -1.75. The fourth-order valence-electron chi connectivity index (χ4n) is 3.16. The van der Waals surface area contributed by atoms with Crippen molar-refractivity contribution < 1.29 is 18.8 Å². The topological polar surface area (TPSA) is 52.6 Å². The van der Waals surface area contributed by atoms with E-state index in [1.807, 2.05) is 26.8 Å². The van der Waals surface area contributed by atoms with Gasteiger partial charge in [0.1, 0.15) is 17.3 Å². The molecule has 0 radical (unpaired) electrons. The van der Waals surface area contributed by atoms with E-state index in [0.717, 1.165) is 6.61 Å². The van der Waals surface area contributed by atoms with Crippen LogP contribution in [-0.2, 0) is 18.8 Å². The number of ketones is 1. The van der Waals surface area contributed by atoms with Crippen molar-refractivity contribution in [1.29, 1.82) is 0 Å². The van der Waals surface area contributed by atoms with Gasteiger partial charge in [-0.25, -0.2) is 0 Å². The highest BCUT2D eigenvalue weighted by atomic mass is 28.4. The number of carbonyl (C=O) groups is 2. The molecule has 162 valence electrons. The van der Waals surface area contributed by atoms with Gasteiger partial charge in [0.2, 0.25) is 0 Å². The predicted molar refractivity (Wildman–Crippen MR) is 118 cm³/mol. The van der Waals surface area contributed by atoms with Crippen molar-refractivity contribution in [1.82, 2.24) is 0 Å². The van der Waals surface area contributed by atoms with Crippen molar-refractivity contribution in [3.05, 3.63) is 12.2 Å². The van der Waals surface area contributed by atoms with Crippen LogP contribution < -0.4 is 0 Å². The van der Waals surface area contributed by atoms with Crippen molar-refractivity contribution >= 4 is 20.1 Å². The summed E-state index contributed by atoms with van der Waals surface area (Å²) in [4.78, 5) is 24.2. The number of Topliss-reactive ketones (excluding diaryl/α,β-unsaturated/α-hetero) is 1. The monoisotopic (exact) mass is 410 g/mol. The fourth-order valence-corrected chi connectivity index (χ4v) is 4.19. The van der Waals surface area contributed by atoms with E-state index in [1.165, 1.54) is 6.92 Å². The maximum atomic E-state index is 12.3. The van der Waals surface area contributed by atoms with E-state index in [1.54, 1.807) is 0 Å². The third-order valence-electron chi connectivity index (χ3n) is 6.47. The summed E-state index contributed by atoms with van der Waals surface area (Å²) in [6.07, 6.45) is 4.54. The lowest BCUT2D eigenvalue weighted by Crippen LogP contribution is -2.41. The third kappa shape index (κ3) is 6.55. The summed E-state index contributed by atoms with van der Waals surface area (Å²) >= 11 is 0. The molecular formula is C23H42O4Si. The molecule has 0 aliphatic heterocycles. The molecule has 0 spiro atoms. The van der Waals surface area contributed by atoms with Crippen LogP contribution in [0, 0.1) is 23.2 Å². The second kappa shape index (κ2) is 8.43. The quantitative estimate of drug-likeness (QED) is 0.220. The summed E-state index contributed by atoms with van der Waals surface area (Å²) in [5.74, 6) is -0.401. The summed E-state index contributed by atoms with van der Waals surface area (Å²) in [6.45, 7) is 23.5. The third-order valence-corrected chi connectivity index (χ3v) is 11.0. The highest BCUT2D eigenvalue weighted by Gasteiger charge is 2.56. The van der Waals surface area contributed by atoms with Gasteiger partial charge in [-0.2, -0.15) is 0 Å². The van der Waals surface area contributed by atoms with Gasteiger partial charge in [0.25, 0.3) is 0 Å². The maximum absolute atomic E-state index is 12.3. The maximum Gasteiger partial charge on any atom is 0.317 e. The molecule has 0 saturated heterocycles. The minimum Gasteiger partial charge on any atom is -0.459 e. The van der Waals surface area contributed by atoms with E-state index in [9.17, 15) is 9.59 Å². The Morgan fingerprint density at radius 3 is 2.07 bits per heavy atom. The lowest BCUT2D eigenvalue weighted by atomic mass is 10.00. The zero-order valence-electron chi connectivity index (χ0n) is 19.9. The smallest absolute Gasteiger partial charge is 0.317 e. The zero-order chi connectivity index (χ0) is 22.1. The molecule has 1 fully saturated rings. The van der Waals surface area contributed by atoms with E-state index >= 15 is 0 Å². The Morgan fingerprint density at radius 2 is 1.64 bits per heavy atom.